The van der Waals surface area contributed by atoms with Crippen LogP contribution in [0, 0.1) is 10.7 Å². The van der Waals surface area contributed by atoms with E-state index in [0.29, 0.717) is 41.7 Å². The first kappa shape index (κ1) is 23.2. The molecular weight excluding hydrogens is 461 g/mol. The van der Waals surface area contributed by atoms with Gasteiger partial charge in [-0.3, -0.25) is 9.78 Å². The fourth-order valence-electron chi connectivity index (χ4n) is 3.70. The Morgan fingerprint density at radius 1 is 1.32 bits per heavy atom. The van der Waals surface area contributed by atoms with E-state index >= 15 is 0 Å². The molecule has 2 heterocycles. The van der Waals surface area contributed by atoms with Crippen LogP contribution in [0.1, 0.15) is 6.42 Å². The maximum atomic E-state index is 13.4. The number of halogens is 2. The second-order valence-electron chi connectivity index (χ2n) is 7.58. The molecule has 4 rings (SSSR count). The molecule has 1 N–H and O–H groups in total. The Labute approximate surface area is 200 Å². The van der Waals surface area contributed by atoms with Crippen LogP contribution in [-0.2, 0) is 4.79 Å². The van der Waals surface area contributed by atoms with E-state index in [1.54, 1.807) is 35.4 Å². The van der Waals surface area contributed by atoms with E-state index < -0.39 is 5.82 Å². The summed E-state index contributed by atoms with van der Waals surface area (Å²) in [4.78, 5) is 29.5. The SMILES string of the molecule is C=CC(=O)N1CCC(Nc2ccncc2N(N=O)c2ccc(Oc3cccc(F)c3)c(Cl)c2)C1. The summed E-state index contributed by atoms with van der Waals surface area (Å²) >= 11 is 6.38. The molecule has 10 heteroatoms. The number of likely N-dealkylation sites (tertiary alicyclic amines) is 1. The molecular formula is C24H21ClFN5O3. The summed E-state index contributed by atoms with van der Waals surface area (Å²) in [5.41, 5.74) is 1.43. The van der Waals surface area contributed by atoms with E-state index in [0.717, 1.165) is 11.4 Å². The van der Waals surface area contributed by atoms with Gasteiger partial charge in [0.15, 0.2) is 0 Å². The Kier molecular flexibility index (Phi) is 7.03. The van der Waals surface area contributed by atoms with Crippen LogP contribution >= 0.6 is 11.6 Å². The zero-order chi connectivity index (χ0) is 24.1. The number of carbonyl (C=O) groups excluding carboxylic acids is 1. The highest BCUT2D eigenvalue weighted by atomic mass is 35.5. The first-order chi connectivity index (χ1) is 16.5. The number of ether oxygens (including phenoxy) is 1. The van der Waals surface area contributed by atoms with Crippen LogP contribution in [0.3, 0.4) is 0 Å². The number of pyridine rings is 1. The van der Waals surface area contributed by atoms with Crippen LogP contribution in [-0.4, -0.2) is 34.9 Å². The molecule has 0 saturated carbocycles. The van der Waals surface area contributed by atoms with Crippen molar-refractivity contribution in [2.45, 2.75) is 12.5 Å². The Morgan fingerprint density at radius 3 is 2.91 bits per heavy atom. The van der Waals surface area contributed by atoms with E-state index in [1.165, 1.54) is 36.5 Å². The lowest BCUT2D eigenvalue weighted by atomic mass is 10.2. The van der Waals surface area contributed by atoms with Gasteiger partial charge in [-0.25, -0.2) is 4.39 Å². The van der Waals surface area contributed by atoms with Crippen molar-refractivity contribution in [2.24, 2.45) is 5.29 Å². The van der Waals surface area contributed by atoms with Crippen molar-refractivity contribution < 1.29 is 13.9 Å². The van der Waals surface area contributed by atoms with Crippen LogP contribution in [0.2, 0.25) is 5.02 Å². The van der Waals surface area contributed by atoms with Crippen molar-refractivity contribution >= 4 is 34.6 Å². The maximum absolute atomic E-state index is 13.4. The van der Waals surface area contributed by atoms with Crippen LogP contribution < -0.4 is 15.1 Å². The molecule has 34 heavy (non-hydrogen) atoms. The molecule has 0 spiro atoms. The topological polar surface area (TPSA) is 87.1 Å². The van der Waals surface area contributed by atoms with Crippen molar-refractivity contribution in [3.8, 4) is 11.5 Å². The smallest absolute Gasteiger partial charge is 0.246 e. The van der Waals surface area contributed by atoms with Gasteiger partial charge in [-0.05, 0) is 48.9 Å². The highest BCUT2D eigenvalue weighted by molar-refractivity contribution is 6.32. The summed E-state index contributed by atoms with van der Waals surface area (Å²) in [7, 11) is 0. The van der Waals surface area contributed by atoms with Crippen LogP contribution in [0.15, 0.2) is 78.9 Å². The lowest BCUT2D eigenvalue weighted by molar-refractivity contribution is -0.125. The van der Waals surface area contributed by atoms with E-state index in [1.807, 2.05) is 0 Å². The maximum Gasteiger partial charge on any atom is 0.246 e. The summed E-state index contributed by atoms with van der Waals surface area (Å²) in [6.07, 6.45) is 5.15. The normalized spacial score (nSPS) is 15.0. The molecule has 1 unspecified atom stereocenters. The van der Waals surface area contributed by atoms with Crippen molar-refractivity contribution in [3.05, 3.63) is 89.3 Å². The van der Waals surface area contributed by atoms with Gasteiger partial charge in [0.25, 0.3) is 0 Å². The highest BCUT2D eigenvalue weighted by Gasteiger charge is 2.26. The standard InChI is InChI=1S/C24H21ClFN5O3/c1-2-24(32)30-11-9-17(15-30)28-21-8-10-27-14-22(21)31(29-33)18-6-7-23(20(25)13-18)34-19-5-3-4-16(26)12-19/h2-8,10,12-14,17H,1,9,11,15H2,(H,27,28). The van der Waals surface area contributed by atoms with Crippen molar-refractivity contribution in [1.29, 1.82) is 0 Å². The van der Waals surface area contributed by atoms with Crippen molar-refractivity contribution in [1.82, 2.24) is 9.88 Å². The number of hydrogen-bond acceptors (Lipinski definition) is 6. The minimum atomic E-state index is -0.433. The predicted molar refractivity (Wildman–Crippen MR) is 129 cm³/mol. The summed E-state index contributed by atoms with van der Waals surface area (Å²) in [6, 6.07) is 12.1. The van der Waals surface area contributed by atoms with Gasteiger partial charge in [0.05, 0.1) is 27.9 Å². The Hall–Kier alpha value is -3.98. The van der Waals surface area contributed by atoms with Crippen LogP contribution in [0.25, 0.3) is 0 Å². The third kappa shape index (κ3) is 5.15. The molecule has 1 fully saturated rings. The fraction of sp³-hybridized carbons (Fsp3) is 0.167. The van der Waals surface area contributed by atoms with Crippen LogP contribution in [0.5, 0.6) is 11.5 Å². The first-order valence-corrected chi connectivity index (χ1v) is 10.8. The zero-order valence-electron chi connectivity index (χ0n) is 18.0. The monoisotopic (exact) mass is 481 g/mol. The molecule has 1 aromatic heterocycles. The number of hydrogen-bond donors (Lipinski definition) is 1. The third-order valence-electron chi connectivity index (χ3n) is 5.33. The van der Waals surface area contributed by atoms with Crippen molar-refractivity contribution in [3.63, 3.8) is 0 Å². The molecule has 1 amide bonds. The number of amides is 1. The average molecular weight is 482 g/mol. The van der Waals surface area contributed by atoms with E-state index in [9.17, 15) is 14.1 Å². The summed E-state index contributed by atoms with van der Waals surface area (Å²) in [6.45, 7) is 4.65. The molecule has 1 aliphatic rings. The number of nitroso groups, excluding NO2 is 1. The molecule has 3 aromatic rings. The molecule has 1 atom stereocenters. The number of aromatic nitrogens is 1. The quantitative estimate of drug-likeness (QED) is 0.253. The first-order valence-electron chi connectivity index (χ1n) is 10.5. The number of benzene rings is 2. The number of nitrogens with zero attached hydrogens (tertiary/aromatic N) is 4. The third-order valence-corrected chi connectivity index (χ3v) is 5.62. The van der Waals surface area contributed by atoms with E-state index in [-0.39, 0.29) is 17.0 Å². The molecule has 0 radical (unpaired) electrons. The lowest BCUT2D eigenvalue weighted by Crippen LogP contribution is -2.30. The number of rotatable bonds is 8. The predicted octanol–water partition coefficient (Wildman–Crippen LogP) is 5.68. The zero-order valence-corrected chi connectivity index (χ0v) is 18.8. The van der Waals surface area contributed by atoms with Gasteiger partial charge in [0.2, 0.25) is 5.91 Å². The second kappa shape index (κ2) is 10.3. The molecule has 1 saturated heterocycles. The Morgan fingerprint density at radius 2 is 2.18 bits per heavy atom. The minimum Gasteiger partial charge on any atom is -0.456 e. The molecule has 1 aliphatic heterocycles. The number of nitrogens with one attached hydrogen (secondary N) is 1. The van der Waals surface area contributed by atoms with Gasteiger partial charge in [-0.1, -0.05) is 24.2 Å². The van der Waals surface area contributed by atoms with E-state index in [4.69, 9.17) is 16.3 Å². The van der Waals surface area contributed by atoms with Gasteiger partial charge in [-0.15, -0.1) is 4.91 Å². The largest absolute Gasteiger partial charge is 0.456 e. The molecule has 2 aromatic carbocycles. The second-order valence-corrected chi connectivity index (χ2v) is 7.99. The Balaban J connectivity index is 1.55. The molecule has 174 valence electrons. The molecule has 8 nitrogen and oxygen atoms in total. The highest BCUT2D eigenvalue weighted by Crippen LogP contribution is 2.38. The number of anilines is 3. The summed E-state index contributed by atoms with van der Waals surface area (Å²) < 4.78 is 19.1. The lowest BCUT2D eigenvalue weighted by Gasteiger charge is -2.22. The van der Waals surface area contributed by atoms with Gasteiger partial charge in [0.1, 0.15) is 23.0 Å². The summed E-state index contributed by atoms with van der Waals surface area (Å²) in [5.74, 6) is 0.0340. The van der Waals surface area contributed by atoms with E-state index in [2.05, 4.69) is 22.2 Å². The fourth-order valence-corrected chi connectivity index (χ4v) is 3.91. The molecule has 0 aliphatic carbocycles. The van der Waals surface area contributed by atoms with Gasteiger partial charge in [-0.2, -0.15) is 5.01 Å². The minimum absolute atomic E-state index is 0.0100. The van der Waals surface area contributed by atoms with Gasteiger partial charge in [0, 0.05) is 31.4 Å². The van der Waals surface area contributed by atoms with Crippen LogP contribution in [0.4, 0.5) is 21.5 Å². The van der Waals surface area contributed by atoms with Gasteiger partial charge >= 0.3 is 0 Å². The number of carbonyl (C=O) groups is 1. The van der Waals surface area contributed by atoms with Gasteiger partial charge < -0.3 is 15.0 Å². The summed E-state index contributed by atoms with van der Waals surface area (Å²) in [5, 5.41) is 7.90. The van der Waals surface area contributed by atoms with Crippen molar-refractivity contribution in [2.75, 3.05) is 23.4 Å². The Bertz CT molecular complexity index is 1220. The average Bonchev–Trinajstić information content (AvgIpc) is 3.30. The molecule has 0 bridgehead atoms.